The molecule has 0 aromatic carbocycles. The molecule has 0 aromatic heterocycles. The van der Waals surface area contributed by atoms with Gasteiger partial charge in [0, 0.05) is 19.5 Å². The summed E-state index contributed by atoms with van der Waals surface area (Å²) in [6.07, 6.45) is 3.45. The Labute approximate surface area is 79.5 Å². The van der Waals surface area contributed by atoms with Gasteiger partial charge in [0.2, 0.25) is 5.91 Å². The number of hydrogen-bond donors (Lipinski definition) is 1. The van der Waals surface area contributed by atoms with Crippen LogP contribution in [0.25, 0.3) is 0 Å². The van der Waals surface area contributed by atoms with Crippen molar-refractivity contribution in [3.8, 4) is 0 Å². The molecule has 1 unspecified atom stereocenters. The van der Waals surface area contributed by atoms with Gasteiger partial charge >= 0.3 is 0 Å². The third-order valence-corrected chi connectivity index (χ3v) is 3.42. The van der Waals surface area contributed by atoms with Gasteiger partial charge in [0.25, 0.3) is 0 Å². The van der Waals surface area contributed by atoms with Crippen molar-refractivity contribution in [3.63, 3.8) is 0 Å². The van der Waals surface area contributed by atoms with Gasteiger partial charge in [-0.15, -0.1) is 0 Å². The molecule has 2 heterocycles. The molecule has 1 N–H and O–H groups in total. The first-order chi connectivity index (χ1) is 6.29. The molecule has 0 bridgehead atoms. The molecule has 1 amide bonds. The molecule has 2 aliphatic heterocycles. The second-order valence-corrected chi connectivity index (χ2v) is 4.24. The lowest BCUT2D eigenvalue weighted by Gasteiger charge is -2.26. The first-order valence-corrected chi connectivity index (χ1v) is 5.25. The predicted octanol–water partition coefficient (Wildman–Crippen LogP) is 0.464. The lowest BCUT2D eigenvalue weighted by Crippen LogP contribution is -2.34. The van der Waals surface area contributed by atoms with Gasteiger partial charge in [0.05, 0.1) is 0 Å². The lowest BCUT2D eigenvalue weighted by molar-refractivity contribution is -0.131. The van der Waals surface area contributed by atoms with Gasteiger partial charge in [0.1, 0.15) is 0 Å². The highest BCUT2D eigenvalue weighted by atomic mass is 16.2. The van der Waals surface area contributed by atoms with Crippen molar-refractivity contribution in [2.45, 2.75) is 19.3 Å². The minimum Gasteiger partial charge on any atom is -0.345 e. The van der Waals surface area contributed by atoms with Crippen LogP contribution < -0.4 is 5.32 Å². The molecule has 0 aliphatic carbocycles. The number of piperidine rings is 1. The van der Waals surface area contributed by atoms with Crippen LogP contribution in [0.15, 0.2) is 0 Å². The van der Waals surface area contributed by atoms with E-state index in [1.165, 1.54) is 12.8 Å². The number of nitrogens with zero attached hydrogens (tertiary/aromatic N) is 1. The fraction of sp³-hybridized carbons (Fsp3) is 0.900. The molecule has 3 nitrogen and oxygen atoms in total. The monoisotopic (exact) mass is 182 g/mol. The number of nitrogens with one attached hydrogen (secondary N) is 1. The molecule has 2 saturated heterocycles. The smallest absolute Gasteiger partial charge is 0.225 e. The molecular formula is C10H18N2O. The predicted molar refractivity (Wildman–Crippen MR) is 51.3 cm³/mol. The summed E-state index contributed by atoms with van der Waals surface area (Å²) >= 11 is 0. The zero-order valence-electron chi connectivity index (χ0n) is 8.25. The average molecular weight is 182 g/mol. The maximum absolute atomic E-state index is 11.7. The first-order valence-electron chi connectivity index (χ1n) is 5.25. The zero-order valence-corrected chi connectivity index (χ0v) is 8.25. The summed E-state index contributed by atoms with van der Waals surface area (Å²) in [4.78, 5) is 13.6. The highest BCUT2D eigenvalue weighted by molar-refractivity contribution is 5.80. The maximum Gasteiger partial charge on any atom is 0.225 e. The van der Waals surface area contributed by atoms with Gasteiger partial charge in [-0.2, -0.15) is 0 Å². The molecule has 13 heavy (non-hydrogen) atoms. The number of hydrogen-bond acceptors (Lipinski definition) is 2. The van der Waals surface area contributed by atoms with E-state index in [0.29, 0.717) is 17.7 Å². The van der Waals surface area contributed by atoms with Crippen LogP contribution in [0.3, 0.4) is 0 Å². The van der Waals surface area contributed by atoms with E-state index in [-0.39, 0.29) is 0 Å². The summed E-state index contributed by atoms with van der Waals surface area (Å²) in [5, 5.41) is 3.34. The Balaban J connectivity index is 1.96. The topological polar surface area (TPSA) is 32.3 Å². The van der Waals surface area contributed by atoms with E-state index in [1.54, 1.807) is 0 Å². The molecule has 0 saturated carbocycles. The lowest BCUT2D eigenvalue weighted by atomic mass is 9.84. The van der Waals surface area contributed by atoms with Crippen LogP contribution in [0.1, 0.15) is 19.3 Å². The van der Waals surface area contributed by atoms with Crippen molar-refractivity contribution in [1.29, 1.82) is 0 Å². The second kappa shape index (κ2) is 3.66. The van der Waals surface area contributed by atoms with Crippen molar-refractivity contribution < 1.29 is 4.79 Å². The fourth-order valence-electron chi connectivity index (χ4n) is 2.53. The van der Waals surface area contributed by atoms with Crippen LogP contribution in [0.4, 0.5) is 0 Å². The van der Waals surface area contributed by atoms with Crippen molar-refractivity contribution >= 4 is 5.91 Å². The van der Waals surface area contributed by atoms with Crippen molar-refractivity contribution in [1.82, 2.24) is 10.2 Å². The summed E-state index contributed by atoms with van der Waals surface area (Å²) in [5.41, 5.74) is 0. The number of amides is 1. The van der Waals surface area contributed by atoms with E-state index >= 15 is 0 Å². The largest absolute Gasteiger partial charge is 0.345 e. The molecule has 2 rings (SSSR count). The van der Waals surface area contributed by atoms with Gasteiger partial charge < -0.3 is 10.2 Å². The maximum atomic E-state index is 11.7. The van der Waals surface area contributed by atoms with Crippen molar-refractivity contribution in [2.75, 3.05) is 26.7 Å². The number of rotatable bonds is 1. The Morgan fingerprint density at radius 2 is 2.00 bits per heavy atom. The average Bonchev–Trinajstić information content (AvgIpc) is 2.49. The van der Waals surface area contributed by atoms with E-state index in [0.717, 1.165) is 26.1 Å². The first kappa shape index (κ1) is 9.00. The van der Waals surface area contributed by atoms with Crippen LogP contribution in [-0.4, -0.2) is 37.5 Å². The van der Waals surface area contributed by atoms with Crippen LogP contribution in [0.5, 0.6) is 0 Å². The van der Waals surface area contributed by atoms with Crippen molar-refractivity contribution in [2.24, 2.45) is 11.8 Å². The molecule has 2 fully saturated rings. The quantitative estimate of drug-likeness (QED) is 0.639. The van der Waals surface area contributed by atoms with E-state index in [9.17, 15) is 4.79 Å². The summed E-state index contributed by atoms with van der Waals surface area (Å²) in [6.45, 7) is 3.16. The normalized spacial score (nSPS) is 31.3. The van der Waals surface area contributed by atoms with Crippen LogP contribution >= 0.6 is 0 Å². The molecule has 74 valence electrons. The number of carbonyl (C=O) groups excluding carboxylic acids is 1. The van der Waals surface area contributed by atoms with E-state index in [1.807, 2.05) is 11.9 Å². The Bertz CT molecular complexity index is 199. The molecule has 1 atom stereocenters. The highest BCUT2D eigenvalue weighted by Crippen LogP contribution is 2.30. The van der Waals surface area contributed by atoms with E-state index in [2.05, 4.69) is 5.32 Å². The Morgan fingerprint density at radius 1 is 1.31 bits per heavy atom. The van der Waals surface area contributed by atoms with Gasteiger partial charge in [-0.3, -0.25) is 4.79 Å². The minimum absolute atomic E-state index is 0.340. The van der Waals surface area contributed by atoms with Gasteiger partial charge in [0.15, 0.2) is 0 Å². The van der Waals surface area contributed by atoms with Crippen LogP contribution in [0.2, 0.25) is 0 Å². The molecule has 3 heteroatoms. The summed E-state index contributed by atoms with van der Waals surface area (Å²) in [5.74, 6) is 1.37. The number of likely N-dealkylation sites (tertiary alicyclic amines) is 1. The van der Waals surface area contributed by atoms with Crippen molar-refractivity contribution in [3.05, 3.63) is 0 Å². The highest BCUT2D eigenvalue weighted by Gasteiger charge is 2.35. The summed E-state index contributed by atoms with van der Waals surface area (Å²) < 4.78 is 0. The van der Waals surface area contributed by atoms with Gasteiger partial charge in [-0.1, -0.05) is 0 Å². The Morgan fingerprint density at radius 3 is 2.54 bits per heavy atom. The van der Waals surface area contributed by atoms with E-state index < -0.39 is 0 Å². The van der Waals surface area contributed by atoms with E-state index in [4.69, 9.17) is 0 Å². The zero-order chi connectivity index (χ0) is 9.26. The van der Waals surface area contributed by atoms with Crippen LogP contribution in [0, 0.1) is 11.8 Å². The third-order valence-electron chi connectivity index (χ3n) is 3.42. The SMILES string of the molecule is CN1CCC(C2CCNCC2)C1=O. The summed E-state index contributed by atoms with van der Waals surface area (Å²) in [7, 11) is 1.92. The second-order valence-electron chi connectivity index (χ2n) is 4.24. The van der Waals surface area contributed by atoms with Gasteiger partial charge in [-0.25, -0.2) is 0 Å². The van der Waals surface area contributed by atoms with Gasteiger partial charge in [-0.05, 0) is 38.3 Å². The third kappa shape index (κ3) is 1.70. The molecule has 0 aromatic rings. The molecule has 2 aliphatic rings. The fourth-order valence-corrected chi connectivity index (χ4v) is 2.53. The standard InChI is InChI=1S/C10H18N2O/c1-12-7-4-9(10(12)13)8-2-5-11-6-3-8/h8-9,11H,2-7H2,1H3. The molecule has 0 radical (unpaired) electrons. The molecule has 0 spiro atoms. The molecular weight excluding hydrogens is 164 g/mol. The minimum atomic E-state index is 0.340. The Hall–Kier alpha value is -0.570. The summed E-state index contributed by atoms with van der Waals surface area (Å²) in [6, 6.07) is 0. The Kier molecular flexibility index (Phi) is 2.54. The number of carbonyl (C=O) groups is 1. The van der Waals surface area contributed by atoms with Crippen LogP contribution in [-0.2, 0) is 4.79 Å².